The number of ether oxygens (including phenoxy) is 1. The number of nitrogens with zero attached hydrogens (tertiary/aromatic N) is 3. The predicted molar refractivity (Wildman–Crippen MR) is 83.9 cm³/mol. The molecule has 1 aliphatic carbocycles. The first kappa shape index (κ1) is 14.6. The van der Waals surface area contributed by atoms with Gasteiger partial charge in [0.05, 0.1) is 6.61 Å². The summed E-state index contributed by atoms with van der Waals surface area (Å²) in [5.41, 5.74) is 0. The molecule has 1 N–H and O–H groups in total. The van der Waals surface area contributed by atoms with E-state index in [2.05, 4.69) is 34.2 Å². The molecule has 2 aliphatic rings. The Balaban J connectivity index is 1.58. The van der Waals surface area contributed by atoms with Crippen LogP contribution in [0.3, 0.4) is 0 Å². The Hall–Kier alpha value is -1.36. The Morgan fingerprint density at radius 1 is 1.33 bits per heavy atom. The third kappa shape index (κ3) is 3.84. The van der Waals surface area contributed by atoms with E-state index in [1.165, 1.54) is 32.2 Å². The van der Waals surface area contributed by atoms with Crippen molar-refractivity contribution in [3.63, 3.8) is 0 Å². The Morgan fingerprint density at radius 2 is 2.19 bits per heavy atom. The summed E-state index contributed by atoms with van der Waals surface area (Å²) in [7, 11) is 2.21. The summed E-state index contributed by atoms with van der Waals surface area (Å²) in [6.45, 7) is 4.90. The van der Waals surface area contributed by atoms with Crippen LogP contribution >= 0.6 is 0 Å². The Morgan fingerprint density at radius 3 is 2.86 bits per heavy atom. The molecule has 1 aliphatic heterocycles. The largest absolute Gasteiger partial charge is 0.477 e. The predicted octanol–water partition coefficient (Wildman–Crippen LogP) is 2.65. The molecule has 0 amide bonds. The molecule has 1 aromatic heterocycles. The third-order valence-electron chi connectivity index (χ3n) is 4.39. The average Bonchev–Trinajstić information content (AvgIpc) is 3.24. The van der Waals surface area contributed by atoms with Crippen LogP contribution in [0.5, 0.6) is 5.88 Å². The third-order valence-corrected chi connectivity index (χ3v) is 4.39. The smallest absolute Gasteiger partial charge is 0.218 e. The van der Waals surface area contributed by atoms with Gasteiger partial charge in [0.2, 0.25) is 5.88 Å². The van der Waals surface area contributed by atoms with Crippen LogP contribution in [0.2, 0.25) is 0 Å². The highest BCUT2D eigenvalue weighted by atomic mass is 16.5. The molecule has 1 saturated carbocycles. The summed E-state index contributed by atoms with van der Waals surface area (Å²) >= 11 is 0. The van der Waals surface area contributed by atoms with Crippen LogP contribution < -0.4 is 10.1 Å². The van der Waals surface area contributed by atoms with Gasteiger partial charge in [0, 0.05) is 24.6 Å². The number of anilines is 1. The van der Waals surface area contributed by atoms with E-state index in [4.69, 9.17) is 4.74 Å². The fraction of sp³-hybridized carbons (Fsp3) is 0.750. The highest BCUT2D eigenvalue weighted by molar-refractivity contribution is 5.39. The van der Waals surface area contributed by atoms with Gasteiger partial charge in [-0.05, 0) is 52.6 Å². The normalized spacial score (nSPS) is 22.5. The lowest BCUT2D eigenvalue weighted by atomic mass is 10.1. The summed E-state index contributed by atoms with van der Waals surface area (Å²) in [5, 5.41) is 3.27. The second kappa shape index (κ2) is 6.60. The number of hydrogen-bond donors (Lipinski definition) is 1. The van der Waals surface area contributed by atoms with E-state index in [0.29, 0.717) is 12.0 Å². The molecule has 5 nitrogen and oxygen atoms in total. The topological polar surface area (TPSA) is 50.3 Å². The van der Waals surface area contributed by atoms with Crippen molar-refractivity contribution >= 4 is 5.82 Å². The lowest BCUT2D eigenvalue weighted by molar-refractivity contribution is 0.228. The van der Waals surface area contributed by atoms with Gasteiger partial charge in [-0.2, -0.15) is 4.98 Å². The first-order valence-corrected chi connectivity index (χ1v) is 8.22. The van der Waals surface area contributed by atoms with E-state index in [-0.39, 0.29) is 0 Å². The number of nitrogens with one attached hydrogen (secondary N) is 1. The molecule has 0 radical (unpaired) electrons. The molecule has 2 fully saturated rings. The van der Waals surface area contributed by atoms with E-state index >= 15 is 0 Å². The van der Waals surface area contributed by atoms with E-state index < -0.39 is 0 Å². The van der Waals surface area contributed by atoms with E-state index in [0.717, 1.165) is 37.1 Å². The van der Waals surface area contributed by atoms with Crippen LogP contribution in [0.15, 0.2) is 6.07 Å². The molecule has 116 valence electrons. The molecule has 1 atom stereocenters. The minimum Gasteiger partial charge on any atom is -0.477 e. The zero-order valence-corrected chi connectivity index (χ0v) is 13.1. The fourth-order valence-corrected chi connectivity index (χ4v) is 2.96. The average molecular weight is 290 g/mol. The number of rotatable bonds is 7. The number of aromatic nitrogens is 2. The van der Waals surface area contributed by atoms with Crippen molar-refractivity contribution in [2.45, 2.75) is 51.0 Å². The second-order valence-corrected chi connectivity index (χ2v) is 6.17. The monoisotopic (exact) mass is 290 g/mol. The van der Waals surface area contributed by atoms with Gasteiger partial charge in [-0.3, -0.25) is 0 Å². The summed E-state index contributed by atoms with van der Waals surface area (Å²) in [6, 6.07) is 2.59. The second-order valence-electron chi connectivity index (χ2n) is 6.17. The quantitative estimate of drug-likeness (QED) is 0.836. The maximum absolute atomic E-state index is 5.90. The molecule has 0 spiro atoms. The SMILES string of the molecule is CCNc1cc(OCCC2CCCN2C)nc(C2CC2)n1. The van der Waals surface area contributed by atoms with Crippen molar-refractivity contribution in [2.75, 3.05) is 32.1 Å². The Kier molecular flexibility index (Phi) is 4.58. The van der Waals surface area contributed by atoms with E-state index in [1.54, 1.807) is 0 Å². The van der Waals surface area contributed by atoms with E-state index in [1.807, 2.05) is 6.07 Å². The zero-order chi connectivity index (χ0) is 14.7. The maximum atomic E-state index is 5.90. The van der Waals surface area contributed by atoms with Gasteiger partial charge in [-0.15, -0.1) is 0 Å². The highest BCUT2D eigenvalue weighted by Gasteiger charge is 2.27. The summed E-state index contributed by atoms with van der Waals surface area (Å²) in [6.07, 6.45) is 6.10. The molecule has 3 rings (SSSR count). The molecule has 1 saturated heterocycles. The molecule has 1 aromatic rings. The lowest BCUT2D eigenvalue weighted by Gasteiger charge is -2.19. The molecule has 21 heavy (non-hydrogen) atoms. The van der Waals surface area contributed by atoms with Crippen molar-refractivity contribution < 1.29 is 4.74 Å². The van der Waals surface area contributed by atoms with Crippen molar-refractivity contribution in [3.8, 4) is 5.88 Å². The van der Waals surface area contributed by atoms with Crippen molar-refractivity contribution in [1.29, 1.82) is 0 Å². The van der Waals surface area contributed by atoms with Crippen LogP contribution in [0.25, 0.3) is 0 Å². The number of hydrogen-bond acceptors (Lipinski definition) is 5. The molecule has 1 unspecified atom stereocenters. The summed E-state index contributed by atoms with van der Waals surface area (Å²) in [4.78, 5) is 11.6. The van der Waals surface area contributed by atoms with Crippen LogP contribution in [-0.4, -0.2) is 47.7 Å². The molecule has 0 bridgehead atoms. The lowest BCUT2D eigenvalue weighted by Crippen LogP contribution is -2.26. The maximum Gasteiger partial charge on any atom is 0.218 e. The molecule has 0 aromatic carbocycles. The summed E-state index contributed by atoms with van der Waals surface area (Å²) in [5.74, 6) is 3.11. The minimum absolute atomic E-state index is 0.548. The van der Waals surface area contributed by atoms with Crippen LogP contribution in [0.1, 0.15) is 50.8 Å². The summed E-state index contributed by atoms with van der Waals surface area (Å²) < 4.78 is 5.90. The molecule has 5 heteroatoms. The van der Waals surface area contributed by atoms with Gasteiger partial charge in [0.25, 0.3) is 0 Å². The zero-order valence-electron chi connectivity index (χ0n) is 13.1. The van der Waals surface area contributed by atoms with Gasteiger partial charge in [-0.1, -0.05) is 0 Å². The van der Waals surface area contributed by atoms with E-state index in [9.17, 15) is 0 Å². The van der Waals surface area contributed by atoms with Gasteiger partial charge >= 0.3 is 0 Å². The Bertz CT molecular complexity index is 475. The van der Waals surface area contributed by atoms with Crippen LogP contribution in [0.4, 0.5) is 5.82 Å². The molecular formula is C16H26N4O. The van der Waals surface area contributed by atoms with Gasteiger partial charge in [0.15, 0.2) is 0 Å². The van der Waals surface area contributed by atoms with Gasteiger partial charge < -0.3 is 15.0 Å². The first-order valence-electron chi connectivity index (χ1n) is 8.22. The van der Waals surface area contributed by atoms with Crippen LogP contribution in [0, 0.1) is 0 Å². The molecule has 2 heterocycles. The van der Waals surface area contributed by atoms with Crippen LogP contribution in [-0.2, 0) is 0 Å². The number of likely N-dealkylation sites (tertiary alicyclic amines) is 1. The van der Waals surface area contributed by atoms with Crippen molar-refractivity contribution in [3.05, 3.63) is 11.9 Å². The Labute approximate surface area is 127 Å². The molecular weight excluding hydrogens is 264 g/mol. The fourth-order valence-electron chi connectivity index (χ4n) is 2.96. The van der Waals surface area contributed by atoms with Gasteiger partial charge in [-0.25, -0.2) is 4.98 Å². The van der Waals surface area contributed by atoms with Crippen molar-refractivity contribution in [1.82, 2.24) is 14.9 Å². The first-order chi connectivity index (χ1) is 10.3. The van der Waals surface area contributed by atoms with Crippen molar-refractivity contribution in [2.24, 2.45) is 0 Å². The highest BCUT2D eigenvalue weighted by Crippen LogP contribution is 2.39. The minimum atomic E-state index is 0.548. The standard InChI is InChI=1S/C16H26N4O/c1-3-17-14-11-15(19-16(18-14)12-6-7-12)21-10-8-13-5-4-9-20(13)2/h11-13H,3-10H2,1-2H3,(H,17,18,19). The van der Waals surface area contributed by atoms with Gasteiger partial charge in [0.1, 0.15) is 11.6 Å².